The molecule has 1 heterocycles. The fourth-order valence-corrected chi connectivity index (χ4v) is 6.77. The highest BCUT2D eigenvalue weighted by molar-refractivity contribution is 8.14. The summed E-state index contributed by atoms with van der Waals surface area (Å²) in [6.07, 6.45) is 7.10. The number of thioether (sulfide) groups is 2. The number of aliphatic hydroxyl groups is 1. The van der Waals surface area contributed by atoms with Gasteiger partial charge in [-0.1, -0.05) is 41.0 Å². The summed E-state index contributed by atoms with van der Waals surface area (Å²) in [5.41, 5.74) is -0.330. The van der Waals surface area contributed by atoms with Crippen LogP contribution in [-0.2, 0) is 9.47 Å². The molecule has 0 amide bonds. The number of ether oxygens (including phenoxy) is 2. The lowest BCUT2D eigenvalue weighted by Gasteiger charge is -2.44. The van der Waals surface area contributed by atoms with E-state index in [2.05, 4.69) is 20.8 Å². The highest BCUT2D eigenvalue weighted by Gasteiger charge is 2.42. The number of fused-ring (bicyclic) bond motifs is 1. The minimum absolute atomic E-state index is 0.108. The molecule has 0 aromatic rings. The summed E-state index contributed by atoms with van der Waals surface area (Å²) < 4.78 is 11.3. The van der Waals surface area contributed by atoms with Crippen LogP contribution in [0.4, 0.5) is 4.79 Å². The zero-order chi connectivity index (χ0) is 22.3. The second-order valence-corrected chi connectivity index (χ2v) is 13.4. The Morgan fingerprint density at radius 3 is 2.57 bits per heavy atom. The maximum atomic E-state index is 11.7. The Labute approximate surface area is 193 Å². The van der Waals surface area contributed by atoms with Crippen LogP contribution in [-0.4, -0.2) is 45.7 Å². The van der Waals surface area contributed by atoms with E-state index in [1.807, 2.05) is 20.8 Å². The number of hydrogen-bond donors (Lipinski definition) is 1. The van der Waals surface area contributed by atoms with Gasteiger partial charge in [0, 0.05) is 4.75 Å². The van der Waals surface area contributed by atoms with Crippen molar-refractivity contribution in [2.45, 2.75) is 96.4 Å². The van der Waals surface area contributed by atoms with Crippen LogP contribution in [0.3, 0.4) is 0 Å². The van der Waals surface area contributed by atoms with Crippen LogP contribution in [0.1, 0.15) is 80.1 Å². The molecule has 2 rings (SSSR count). The van der Waals surface area contributed by atoms with Gasteiger partial charge in [0.2, 0.25) is 0 Å². The molecule has 0 aromatic carbocycles. The normalized spacial score (nSPS) is 32.0. The van der Waals surface area contributed by atoms with Crippen LogP contribution >= 0.6 is 23.5 Å². The van der Waals surface area contributed by atoms with Crippen molar-refractivity contribution in [2.24, 2.45) is 29.6 Å². The lowest BCUT2D eigenvalue weighted by atomic mass is 9.63. The van der Waals surface area contributed by atoms with Gasteiger partial charge in [0.05, 0.1) is 19.3 Å². The molecule has 3 unspecified atom stereocenters. The Hall–Kier alpha value is 0.0900. The fraction of sp³-hybridized carbons (Fsp3) is 0.958. The Bertz CT molecular complexity index is 522. The summed E-state index contributed by atoms with van der Waals surface area (Å²) in [7, 11) is 0. The molecule has 0 spiro atoms. The number of carbonyl (C=O) groups is 1. The van der Waals surface area contributed by atoms with Gasteiger partial charge in [-0.05, 0) is 86.1 Å². The van der Waals surface area contributed by atoms with Crippen molar-refractivity contribution in [1.29, 1.82) is 0 Å². The molecular weight excluding hydrogens is 416 g/mol. The van der Waals surface area contributed by atoms with Crippen molar-refractivity contribution >= 4 is 28.8 Å². The van der Waals surface area contributed by atoms with E-state index in [9.17, 15) is 9.90 Å². The molecule has 1 saturated heterocycles. The lowest BCUT2D eigenvalue weighted by Crippen LogP contribution is -2.41. The second kappa shape index (κ2) is 12.4. The summed E-state index contributed by atoms with van der Waals surface area (Å²) in [4.78, 5) is 11.7. The van der Waals surface area contributed by atoms with E-state index in [-0.39, 0.29) is 21.4 Å². The predicted octanol–water partition coefficient (Wildman–Crippen LogP) is 6.60. The lowest BCUT2D eigenvalue weighted by molar-refractivity contribution is -0.0201. The van der Waals surface area contributed by atoms with Gasteiger partial charge in [-0.2, -0.15) is 0 Å². The van der Waals surface area contributed by atoms with Crippen LogP contribution in [0.2, 0.25) is 0 Å². The monoisotopic (exact) mass is 460 g/mol. The summed E-state index contributed by atoms with van der Waals surface area (Å²) in [5.74, 6) is 3.84. The van der Waals surface area contributed by atoms with Gasteiger partial charge in [0.15, 0.2) is 0 Å². The zero-order valence-electron chi connectivity index (χ0n) is 19.9. The first-order valence-corrected chi connectivity index (χ1v) is 13.7. The number of hydrogen-bond acceptors (Lipinski definition) is 6. The van der Waals surface area contributed by atoms with Crippen molar-refractivity contribution in [3.05, 3.63) is 0 Å². The summed E-state index contributed by atoms with van der Waals surface area (Å²) in [5, 5.41) is 10.7. The van der Waals surface area contributed by atoms with Gasteiger partial charge in [0.25, 0.3) is 0 Å². The van der Waals surface area contributed by atoms with Crippen LogP contribution in [0.5, 0.6) is 0 Å². The van der Waals surface area contributed by atoms with E-state index in [0.29, 0.717) is 24.5 Å². The first-order chi connectivity index (χ1) is 14.1. The molecular formula is C24H44O4S2. The standard InChI is InChI=1S/C24H44O4S2/c1-16-9-11-20(21-15-28-17(2)10-12-19(16)21)18(3)22(25)29-14-8-7-13-27-23(26)30-24(4,5)6/h16-22,25H,7-15H2,1-6H3/t16-,17?,18?,19+,20+,21?,22+/m1/s1. The van der Waals surface area contributed by atoms with Gasteiger partial charge in [0.1, 0.15) is 5.44 Å². The van der Waals surface area contributed by atoms with E-state index in [1.165, 1.54) is 37.4 Å². The molecule has 7 atom stereocenters. The SMILES string of the molecule is CC1CC[C@@H]2C(CO1)[C@H](C(C)[C@@H](O)SCCCCOC(=O)SC(C)(C)C)CC[C@H]2C. The van der Waals surface area contributed by atoms with Crippen molar-refractivity contribution in [2.75, 3.05) is 19.0 Å². The molecule has 30 heavy (non-hydrogen) atoms. The third-order valence-electron chi connectivity index (χ3n) is 6.83. The largest absolute Gasteiger partial charge is 0.458 e. The van der Waals surface area contributed by atoms with Crippen LogP contribution in [0.15, 0.2) is 0 Å². The van der Waals surface area contributed by atoms with Gasteiger partial charge >= 0.3 is 5.30 Å². The molecule has 0 aromatic heterocycles. The van der Waals surface area contributed by atoms with E-state index in [1.54, 1.807) is 11.8 Å². The van der Waals surface area contributed by atoms with E-state index in [4.69, 9.17) is 9.47 Å². The van der Waals surface area contributed by atoms with E-state index < -0.39 is 0 Å². The number of unbranched alkanes of at least 4 members (excludes halogenated alkanes) is 1. The van der Waals surface area contributed by atoms with Gasteiger partial charge in [-0.15, -0.1) is 11.8 Å². The molecule has 1 saturated carbocycles. The Kier molecular flexibility index (Phi) is 10.9. The summed E-state index contributed by atoms with van der Waals surface area (Å²) >= 11 is 2.90. The Morgan fingerprint density at radius 1 is 1.13 bits per heavy atom. The molecule has 1 aliphatic heterocycles. The highest BCUT2D eigenvalue weighted by Crippen LogP contribution is 2.47. The molecule has 1 aliphatic carbocycles. The van der Waals surface area contributed by atoms with Gasteiger partial charge < -0.3 is 14.6 Å². The predicted molar refractivity (Wildman–Crippen MR) is 129 cm³/mol. The number of carbonyl (C=O) groups excluding carboxylic acids is 1. The van der Waals surface area contributed by atoms with Gasteiger partial charge in [-0.3, -0.25) is 0 Å². The zero-order valence-corrected chi connectivity index (χ0v) is 21.5. The molecule has 0 radical (unpaired) electrons. The third kappa shape index (κ3) is 8.55. The molecule has 0 bridgehead atoms. The van der Waals surface area contributed by atoms with Crippen LogP contribution in [0.25, 0.3) is 0 Å². The average Bonchev–Trinajstić information content (AvgIpc) is 2.85. The minimum Gasteiger partial charge on any atom is -0.458 e. The molecule has 176 valence electrons. The maximum Gasteiger partial charge on any atom is 0.367 e. The highest BCUT2D eigenvalue weighted by atomic mass is 32.2. The molecule has 2 fully saturated rings. The molecule has 1 N–H and O–H groups in total. The molecule has 6 heteroatoms. The summed E-state index contributed by atoms with van der Waals surface area (Å²) in [6.45, 7) is 14.2. The first-order valence-electron chi connectivity index (χ1n) is 11.9. The van der Waals surface area contributed by atoms with E-state index in [0.717, 1.165) is 37.0 Å². The maximum absolute atomic E-state index is 11.7. The van der Waals surface area contributed by atoms with Crippen molar-refractivity contribution < 1.29 is 19.4 Å². The molecule has 2 aliphatic rings. The topological polar surface area (TPSA) is 55.8 Å². The second-order valence-electron chi connectivity index (χ2n) is 10.4. The Balaban J connectivity index is 1.71. The number of aliphatic hydroxyl groups excluding tert-OH is 1. The minimum atomic E-state index is -0.330. The first kappa shape index (κ1) is 26.3. The van der Waals surface area contributed by atoms with Crippen LogP contribution in [0, 0.1) is 29.6 Å². The van der Waals surface area contributed by atoms with Crippen molar-refractivity contribution in [1.82, 2.24) is 0 Å². The van der Waals surface area contributed by atoms with Crippen LogP contribution < -0.4 is 0 Å². The quantitative estimate of drug-likeness (QED) is 0.250. The van der Waals surface area contributed by atoms with E-state index >= 15 is 0 Å². The average molecular weight is 461 g/mol. The van der Waals surface area contributed by atoms with Crippen molar-refractivity contribution in [3.8, 4) is 0 Å². The molecule has 4 nitrogen and oxygen atoms in total. The third-order valence-corrected chi connectivity index (χ3v) is 9.02. The Morgan fingerprint density at radius 2 is 1.87 bits per heavy atom. The summed E-state index contributed by atoms with van der Waals surface area (Å²) in [6, 6.07) is 0. The number of rotatable bonds is 8. The fourth-order valence-electron chi connectivity index (χ4n) is 5.01. The van der Waals surface area contributed by atoms with Gasteiger partial charge in [-0.25, -0.2) is 4.79 Å². The smallest absolute Gasteiger partial charge is 0.367 e. The van der Waals surface area contributed by atoms with Crippen molar-refractivity contribution in [3.63, 3.8) is 0 Å².